The van der Waals surface area contributed by atoms with Crippen LogP contribution in [0.4, 0.5) is 4.79 Å². The fourth-order valence-corrected chi connectivity index (χ4v) is 3.73. The molecule has 1 aromatic carbocycles. The number of allylic oxidation sites excluding steroid dienone is 3. The molecule has 0 saturated carbocycles. The molecule has 144 valence electrons. The Morgan fingerprint density at radius 3 is 2.59 bits per heavy atom. The molecule has 0 bridgehead atoms. The Balaban J connectivity index is 2.01. The molecule has 1 aliphatic heterocycles. The fraction of sp³-hybridized carbons (Fsp3) is 0.435. The second kappa shape index (κ2) is 8.13. The Kier molecular flexibility index (Phi) is 5.85. The highest BCUT2D eigenvalue weighted by Crippen LogP contribution is 2.36. The molecule has 0 saturated heterocycles. The van der Waals surface area contributed by atoms with Gasteiger partial charge in [0, 0.05) is 6.54 Å². The lowest BCUT2D eigenvalue weighted by Crippen LogP contribution is -2.48. The molecular formula is C23H30N2O2. The number of benzene rings is 1. The number of hydrogen-bond acceptors (Lipinski definition) is 3. The van der Waals surface area contributed by atoms with Crippen molar-refractivity contribution in [2.75, 3.05) is 6.54 Å². The molecule has 4 nitrogen and oxygen atoms in total. The lowest BCUT2D eigenvalue weighted by atomic mass is 9.99. The van der Waals surface area contributed by atoms with Gasteiger partial charge in [0.15, 0.2) is 0 Å². The largest absolute Gasteiger partial charge is 0.444 e. The molecule has 2 unspecified atom stereocenters. The Labute approximate surface area is 162 Å². The first-order valence-electron chi connectivity index (χ1n) is 9.73. The Morgan fingerprint density at radius 1 is 1.19 bits per heavy atom. The quantitative estimate of drug-likeness (QED) is 0.790. The summed E-state index contributed by atoms with van der Waals surface area (Å²) >= 11 is 0. The van der Waals surface area contributed by atoms with Crippen LogP contribution in [0.15, 0.2) is 60.2 Å². The van der Waals surface area contributed by atoms with Crippen LogP contribution in [0.25, 0.3) is 5.57 Å². The molecule has 0 spiro atoms. The molecular weight excluding hydrogens is 336 g/mol. The van der Waals surface area contributed by atoms with Gasteiger partial charge >= 0.3 is 6.09 Å². The molecule has 1 amide bonds. The van der Waals surface area contributed by atoms with Crippen LogP contribution in [-0.2, 0) is 4.74 Å². The lowest BCUT2D eigenvalue weighted by molar-refractivity contribution is 0.0200. The van der Waals surface area contributed by atoms with Gasteiger partial charge in [0.25, 0.3) is 0 Å². The van der Waals surface area contributed by atoms with Gasteiger partial charge in [0.1, 0.15) is 5.60 Å². The topological polar surface area (TPSA) is 55.6 Å². The third-order valence-corrected chi connectivity index (χ3v) is 4.91. The van der Waals surface area contributed by atoms with Crippen molar-refractivity contribution in [1.82, 2.24) is 4.90 Å². The van der Waals surface area contributed by atoms with Crippen molar-refractivity contribution in [3.05, 3.63) is 65.8 Å². The number of hydrogen-bond donors (Lipinski definition) is 1. The minimum absolute atomic E-state index is 0.119. The van der Waals surface area contributed by atoms with Crippen LogP contribution in [-0.4, -0.2) is 35.2 Å². The maximum atomic E-state index is 13.1. The molecule has 27 heavy (non-hydrogen) atoms. The summed E-state index contributed by atoms with van der Waals surface area (Å²) in [4.78, 5) is 14.9. The second-order valence-corrected chi connectivity index (χ2v) is 8.10. The molecule has 0 radical (unpaired) electrons. The summed E-state index contributed by atoms with van der Waals surface area (Å²) in [6.45, 7) is 6.05. The van der Waals surface area contributed by atoms with Gasteiger partial charge < -0.3 is 10.5 Å². The summed E-state index contributed by atoms with van der Waals surface area (Å²) in [6.07, 6.45) is 11.4. The highest BCUT2D eigenvalue weighted by atomic mass is 16.6. The average molecular weight is 367 g/mol. The van der Waals surface area contributed by atoms with Crippen LogP contribution >= 0.6 is 0 Å². The van der Waals surface area contributed by atoms with Crippen LogP contribution in [0.5, 0.6) is 0 Å². The van der Waals surface area contributed by atoms with E-state index >= 15 is 0 Å². The number of ether oxygens (including phenoxy) is 1. The van der Waals surface area contributed by atoms with Gasteiger partial charge in [-0.3, -0.25) is 4.90 Å². The Bertz CT molecular complexity index is 756. The third-order valence-electron chi connectivity index (χ3n) is 4.91. The molecule has 4 heteroatoms. The SMILES string of the molecule is CC(C)(C)OC(=O)N1C(C2=CCCC=CC2)C=C(c2ccccc2)C1CN. The van der Waals surface area contributed by atoms with Crippen LogP contribution in [0.1, 0.15) is 45.6 Å². The van der Waals surface area contributed by atoms with Crippen molar-refractivity contribution in [2.24, 2.45) is 5.73 Å². The predicted molar refractivity (Wildman–Crippen MR) is 110 cm³/mol. The smallest absolute Gasteiger partial charge is 0.411 e. The maximum Gasteiger partial charge on any atom is 0.411 e. The fourth-order valence-electron chi connectivity index (χ4n) is 3.73. The highest BCUT2D eigenvalue weighted by Gasteiger charge is 2.41. The molecule has 2 atom stereocenters. The summed E-state index contributed by atoms with van der Waals surface area (Å²) < 4.78 is 5.74. The highest BCUT2D eigenvalue weighted by molar-refractivity contribution is 5.82. The number of nitrogens with two attached hydrogens (primary N) is 1. The van der Waals surface area contributed by atoms with E-state index < -0.39 is 5.60 Å². The van der Waals surface area contributed by atoms with E-state index in [1.165, 1.54) is 5.57 Å². The van der Waals surface area contributed by atoms with Gasteiger partial charge in [-0.2, -0.15) is 0 Å². The van der Waals surface area contributed by atoms with Gasteiger partial charge in [-0.15, -0.1) is 0 Å². The van der Waals surface area contributed by atoms with Crippen molar-refractivity contribution in [3.63, 3.8) is 0 Å². The molecule has 1 aliphatic carbocycles. The van der Waals surface area contributed by atoms with Crippen molar-refractivity contribution < 1.29 is 9.53 Å². The number of nitrogens with zero attached hydrogens (tertiary/aromatic N) is 1. The zero-order chi connectivity index (χ0) is 19.4. The number of amides is 1. The summed E-state index contributed by atoms with van der Waals surface area (Å²) in [5, 5.41) is 0. The molecule has 3 rings (SSSR count). The van der Waals surface area contributed by atoms with Gasteiger partial charge in [-0.1, -0.05) is 54.6 Å². The maximum absolute atomic E-state index is 13.1. The van der Waals surface area contributed by atoms with E-state index in [9.17, 15) is 4.79 Å². The van der Waals surface area contributed by atoms with Crippen molar-refractivity contribution in [3.8, 4) is 0 Å². The summed E-state index contributed by atoms with van der Waals surface area (Å²) in [5.41, 5.74) is 9.05. The first-order valence-corrected chi connectivity index (χ1v) is 9.73. The molecule has 2 aliphatic rings. The number of carbonyl (C=O) groups excluding carboxylic acids is 1. The zero-order valence-electron chi connectivity index (χ0n) is 16.5. The van der Waals surface area contributed by atoms with Gasteiger partial charge in [-0.05, 0) is 56.7 Å². The normalized spacial score (nSPS) is 22.9. The first-order chi connectivity index (χ1) is 12.9. The minimum atomic E-state index is -0.548. The predicted octanol–water partition coefficient (Wildman–Crippen LogP) is 4.68. The van der Waals surface area contributed by atoms with Gasteiger partial charge in [-0.25, -0.2) is 4.79 Å². The van der Waals surface area contributed by atoms with Crippen molar-refractivity contribution in [1.29, 1.82) is 0 Å². The lowest BCUT2D eigenvalue weighted by Gasteiger charge is -2.34. The van der Waals surface area contributed by atoms with Crippen LogP contribution in [0.3, 0.4) is 0 Å². The van der Waals surface area contributed by atoms with Crippen LogP contribution < -0.4 is 5.73 Å². The van der Waals surface area contributed by atoms with Crippen molar-refractivity contribution in [2.45, 2.75) is 57.7 Å². The molecule has 1 heterocycles. The first kappa shape index (κ1) is 19.4. The summed E-state index contributed by atoms with van der Waals surface area (Å²) in [7, 11) is 0. The van der Waals surface area contributed by atoms with Gasteiger partial charge in [0.2, 0.25) is 0 Å². The second-order valence-electron chi connectivity index (χ2n) is 8.10. The monoisotopic (exact) mass is 366 g/mol. The van der Waals surface area contributed by atoms with Crippen molar-refractivity contribution >= 4 is 11.7 Å². The Morgan fingerprint density at radius 2 is 1.93 bits per heavy atom. The molecule has 0 aromatic heterocycles. The minimum Gasteiger partial charge on any atom is -0.444 e. The van der Waals surface area contributed by atoms with Gasteiger partial charge in [0.05, 0.1) is 12.1 Å². The Hall–Kier alpha value is -2.33. The molecule has 2 N–H and O–H groups in total. The van der Waals surface area contributed by atoms with E-state index in [2.05, 4.69) is 36.4 Å². The van der Waals surface area contributed by atoms with Crippen LogP contribution in [0.2, 0.25) is 0 Å². The molecule has 1 aromatic rings. The van der Waals surface area contributed by atoms with Crippen LogP contribution in [0, 0.1) is 0 Å². The summed E-state index contributed by atoms with van der Waals surface area (Å²) in [6, 6.07) is 9.87. The van der Waals surface area contributed by atoms with E-state index in [1.54, 1.807) is 0 Å². The van der Waals surface area contributed by atoms with E-state index in [0.29, 0.717) is 6.54 Å². The van der Waals surface area contributed by atoms with E-state index in [1.807, 2.05) is 43.9 Å². The standard InChI is InChI=1S/C23H30N2O2/c1-23(2,3)27-22(26)25-20(18-13-7-4-5-8-14-18)15-19(21(25)16-24)17-11-9-6-10-12-17/h4,6-7,9-12,14-15,20-21H,5,8,13,16,24H2,1-3H3. The van der Waals surface area contributed by atoms with E-state index in [-0.39, 0.29) is 18.2 Å². The molecule has 0 fully saturated rings. The van der Waals surface area contributed by atoms with E-state index in [0.717, 1.165) is 30.4 Å². The number of rotatable bonds is 3. The van der Waals surface area contributed by atoms with E-state index in [4.69, 9.17) is 10.5 Å². The number of carbonyl (C=O) groups is 1. The zero-order valence-corrected chi connectivity index (χ0v) is 16.5. The third kappa shape index (κ3) is 4.51. The average Bonchev–Trinajstić information content (AvgIpc) is 2.80. The summed E-state index contributed by atoms with van der Waals surface area (Å²) in [5.74, 6) is 0.